The number of anilines is 2. The summed E-state index contributed by atoms with van der Waals surface area (Å²) in [7, 11) is -0.900. The Balaban J connectivity index is 2.34. The zero-order chi connectivity index (χ0) is 15.5. The van der Waals surface area contributed by atoms with Crippen LogP contribution in [0, 0.1) is 0 Å². The van der Waals surface area contributed by atoms with Gasteiger partial charge in [0.2, 0.25) is 5.95 Å². The summed E-state index contributed by atoms with van der Waals surface area (Å²) in [6, 6.07) is 4.71. The van der Waals surface area contributed by atoms with Crippen molar-refractivity contribution in [1.82, 2.24) is 9.97 Å². The number of ether oxygens (including phenoxy) is 2. The number of sulfonamides is 1. The van der Waals surface area contributed by atoms with Gasteiger partial charge >= 0.3 is 0 Å². The topological polar surface area (TPSA) is 116 Å². The van der Waals surface area contributed by atoms with Gasteiger partial charge < -0.3 is 15.2 Å². The van der Waals surface area contributed by atoms with Gasteiger partial charge in [0.15, 0.2) is 0 Å². The van der Waals surface area contributed by atoms with Gasteiger partial charge in [-0.2, -0.15) is 0 Å². The minimum Gasteiger partial charge on any atom is -0.497 e. The quantitative estimate of drug-likeness (QED) is 0.841. The van der Waals surface area contributed by atoms with Crippen molar-refractivity contribution < 1.29 is 17.9 Å². The zero-order valence-electron chi connectivity index (χ0n) is 11.4. The van der Waals surface area contributed by atoms with Gasteiger partial charge in [0.05, 0.1) is 32.3 Å². The number of nitrogens with one attached hydrogen (secondary N) is 1. The van der Waals surface area contributed by atoms with Crippen molar-refractivity contribution >= 4 is 21.7 Å². The number of rotatable bonds is 5. The second-order valence-corrected chi connectivity index (χ2v) is 5.63. The van der Waals surface area contributed by atoms with Gasteiger partial charge in [-0.1, -0.05) is 0 Å². The van der Waals surface area contributed by atoms with Crippen LogP contribution in [0.2, 0.25) is 0 Å². The Labute approximate surface area is 122 Å². The van der Waals surface area contributed by atoms with Crippen LogP contribution < -0.4 is 19.9 Å². The molecule has 0 radical (unpaired) electrons. The fourth-order valence-electron chi connectivity index (χ4n) is 1.55. The Morgan fingerprint density at radius 1 is 1.14 bits per heavy atom. The third-order valence-corrected chi connectivity index (χ3v) is 3.93. The van der Waals surface area contributed by atoms with Crippen LogP contribution in [0.1, 0.15) is 0 Å². The first-order valence-corrected chi connectivity index (χ1v) is 7.27. The second-order valence-electron chi connectivity index (χ2n) is 3.95. The first-order chi connectivity index (χ1) is 9.96. The summed E-state index contributed by atoms with van der Waals surface area (Å²) in [5.41, 5.74) is 5.60. The Morgan fingerprint density at radius 2 is 1.81 bits per heavy atom. The highest BCUT2D eigenvalue weighted by atomic mass is 32.2. The number of methoxy groups -OCH3 is 2. The lowest BCUT2D eigenvalue weighted by Gasteiger charge is -2.12. The third-order valence-electron chi connectivity index (χ3n) is 2.61. The number of nitrogens with two attached hydrogens (primary N) is 1. The highest BCUT2D eigenvalue weighted by Crippen LogP contribution is 2.30. The number of nitrogens with zero attached hydrogens (tertiary/aromatic N) is 2. The minimum atomic E-state index is -3.83. The van der Waals surface area contributed by atoms with Crippen molar-refractivity contribution in [1.29, 1.82) is 0 Å². The van der Waals surface area contributed by atoms with Crippen molar-refractivity contribution in [3.63, 3.8) is 0 Å². The molecule has 112 valence electrons. The van der Waals surface area contributed by atoms with Crippen LogP contribution in [0.3, 0.4) is 0 Å². The maximum atomic E-state index is 12.2. The molecule has 1 heterocycles. The number of hydrogen-bond donors (Lipinski definition) is 2. The van der Waals surface area contributed by atoms with E-state index in [1.807, 2.05) is 0 Å². The summed E-state index contributed by atoms with van der Waals surface area (Å²) < 4.78 is 37.0. The Morgan fingerprint density at radius 3 is 2.38 bits per heavy atom. The first-order valence-electron chi connectivity index (χ1n) is 5.78. The predicted molar refractivity (Wildman–Crippen MR) is 76.8 cm³/mol. The molecule has 0 saturated heterocycles. The Bertz CT molecular complexity index is 731. The molecule has 0 bridgehead atoms. The Hall–Kier alpha value is -2.55. The molecule has 0 spiro atoms. The molecule has 21 heavy (non-hydrogen) atoms. The summed E-state index contributed by atoms with van der Waals surface area (Å²) in [6.07, 6.45) is 2.25. The van der Waals surface area contributed by atoms with Crippen LogP contribution in [0.15, 0.2) is 35.5 Å². The van der Waals surface area contributed by atoms with Gasteiger partial charge in [-0.05, 0) is 12.1 Å². The van der Waals surface area contributed by atoms with Gasteiger partial charge in [0.1, 0.15) is 16.4 Å². The van der Waals surface area contributed by atoms with Crippen molar-refractivity contribution in [2.75, 3.05) is 24.7 Å². The molecule has 8 nitrogen and oxygen atoms in total. The van der Waals surface area contributed by atoms with Gasteiger partial charge in [-0.15, -0.1) is 0 Å². The highest BCUT2D eigenvalue weighted by Gasteiger charge is 2.17. The van der Waals surface area contributed by atoms with E-state index in [0.29, 0.717) is 11.5 Å². The smallest absolute Gasteiger partial charge is 0.265 e. The SMILES string of the molecule is COc1ccc(NS(=O)(=O)c2cnc(N)nc2)c(OC)c1. The van der Waals surface area contributed by atoms with E-state index in [2.05, 4.69) is 14.7 Å². The Kier molecular flexibility index (Phi) is 4.13. The summed E-state index contributed by atoms with van der Waals surface area (Å²) in [6.45, 7) is 0. The number of nitrogen functional groups attached to an aromatic ring is 1. The van der Waals surface area contributed by atoms with Crippen LogP contribution in [0.25, 0.3) is 0 Å². The molecule has 0 fully saturated rings. The van der Waals surface area contributed by atoms with E-state index >= 15 is 0 Å². The second kappa shape index (κ2) is 5.83. The van der Waals surface area contributed by atoms with Crippen LogP contribution in [-0.4, -0.2) is 32.6 Å². The lowest BCUT2D eigenvalue weighted by atomic mass is 10.3. The molecule has 0 saturated carbocycles. The average molecular weight is 310 g/mol. The lowest BCUT2D eigenvalue weighted by molar-refractivity contribution is 0.395. The molecular weight excluding hydrogens is 296 g/mol. The van der Waals surface area contributed by atoms with E-state index in [9.17, 15) is 8.42 Å². The number of benzene rings is 1. The molecule has 2 rings (SSSR count). The maximum absolute atomic E-state index is 12.2. The minimum absolute atomic E-state index is 0.00372. The normalized spacial score (nSPS) is 11.0. The fraction of sp³-hybridized carbons (Fsp3) is 0.167. The van der Waals surface area contributed by atoms with Crippen molar-refractivity contribution in [2.24, 2.45) is 0 Å². The molecule has 1 aromatic carbocycles. The molecule has 2 aromatic rings. The van der Waals surface area contributed by atoms with Crippen LogP contribution in [-0.2, 0) is 10.0 Å². The van der Waals surface area contributed by atoms with Gasteiger partial charge in [-0.3, -0.25) is 4.72 Å². The largest absolute Gasteiger partial charge is 0.497 e. The molecule has 0 aliphatic heterocycles. The van der Waals surface area contributed by atoms with E-state index < -0.39 is 10.0 Å². The molecule has 1 aromatic heterocycles. The van der Waals surface area contributed by atoms with E-state index in [1.54, 1.807) is 12.1 Å². The molecule has 0 aliphatic rings. The summed E-state index contributed by atoms with van der Waals surface area (Å²) in [4.78, 5) is 7.20. The summed E-state index contributed by atoms with van der Waals surface area (Å²) >= 11 is 0. The van der Waals surface area contributed by atoms with Gasteiger partial charge in [0.25, 0.3) is 10.0 Å². The summed E-state index contributed by atoms with van der Waals surface area (Å²) in [5, 5.41) is 0. The van der Waals surface area contributed by atoms with Crippen LogP contribution in [0.4, 0.5) is 11.6 Å². The molecular formula is C12H14N4O4S. The third kappa shape index (κ3) is 3.31. The predicted octanol–water partition coefficient (Wildman–Crippen LogP) is 0.877. The first kappa shape index (κ1) is 14.9. The van der Waals surface area contributed by atoms with Crippen LogP contribution in [0.5, 0.6) is 11.5 Å². The average Bonchev–Trinajstić information content (AvgIpc) is 2.47. The van der Waals surface area contributed by atoms with Gasteiger partial charge in [0, 0.05) is 6.07 Å². The molecule has 9 heteroatoms. The van der Waals surface area contributed by atoms with Gasteiger partial charge in [-0.25, -0.2) is 18.4 Å². The molecule has 0 atom stereocenters. The van der Waals surface area contributed by atoms with Crippen LogP contribution >= 0.6 is 0 Å². The molecule has 0 amide bonds. The monoisotopic (exact) mass is 310 g/mol. The van der Waals surface area contributed by atoms with E-state index in [4.69, 9.17) is 15.2 Å². The molecule has 0 aliphatic carbocycles. The molecule has 3 N–H and O–H groups in total. The fourth-order valence-corrected chi connectivity index (χ4v) is 2.51. The zero-order valence-corrected chi connectivity index (χ0v) is 12.2. The maximum Gasteiger partial charge on any atom is 0.265 e. The number of aromatic nitrogens is 2. The van der Waals surface area contributed by atoms with E-state index in [1.165, 1.54) is 20.3 Å². The van der Waals surface area contributed by atoms with Crippen molar-refractivity contribution in [2.45, 2.75) is 4.90 Å². The number of hydrogen-bond acceptors (Lipinski definition) is 7. The standard InChI is InChI=1S/C12H14N4O4S/c1-19-8-3-4-10(11(5-8)20-2)16-21(17,18)9-6-14-12(13)15-7-9/h3-7,16H,1-2H3,(H2,13,14,15). The molecule has 0 unspecified atom stereocenters. The van der Waals surface area contributed by atoms with Crippen molar-refractivity contribution in [3.05, 3.63) is 30.6 Å². The van der Waals surface area contributed by atoms with E-state index in [-0.39, 0.29) is 16.5 Å². The highest BCUT2D eigenvalue weighted by molar-refractivity contribution is 7.92. The lowest BCUT2D eigenvalue weighted by Crippen LogP contribution is -2.14. The van der Waals surface area contributed by atoms with Crippen molar-refractivity contribution in [3.8, 4) is 11.5 Å². The summed E-state index contributed by atoms with van der Waals surface area (Å²) in [5.74, 6) is 0.871. The van der Waals surface area contributed by atoms with E-state index in [0.717, 1.165) is 12.4 Å².